The molecule has 0 aliphatic heterocycles. The van der Waals surface area contributed by atoms with Crippen molar-refractivity contribution in [3.63, 3.8) is 0 Å². The van der Waals surface area contributed by atoms with Crippen LogP contribution >= 0.6 is 11.5 Å². The van der Waals surface area contributed by atoms with Crippen molar-refractivity contribution in [2.24, 2.45) is 5.73 Å². The van der Waals surface area contributed by atoms with E-state index in [1.54, 1.807) is 0 Å². The highest BCUT2D eigenvalue weighted by atomic mass is 32.1. The van der Waals surface area contributed by atoms with Crippen molar-refractivity contribution in [1.29, 1.82) is 0 Å². The molecule has 2 saturated carbocycles. The minimum absolute atomic E-state index is 0.0217. The number of aromatic nitrogens is 3. The number of nitrogens with zero attached hydrogens (tertiary/aromatic N) is 2. The lowest BCUT2D eigenvalue weighted by molar-refractivity contribution is 0.378. The smallest absolute Gasteiger partial charge is 0.271 e. The standard InChI is InChI=1S/C18H19FN4O2S/c19-12-7-11-15(24)13-17(25)22-26-18(13)23(10-4-5-10)16(11)21-14(12)8-2-1-3-9(20)6-8/h7-10H,1-6,20H2,(H,22,25). The molecule has 3 aromatic rings. The first kappa shape index (κ1) is 16.1. The van der Waals surface area contributed by atoms with Gasteiger partial charge in [0.15, 0.2) is 0 Å². The number of nitrogens with two attached hydrogens (primary N) is 1. The van der Waals surface area contributed by atoms with Crippen molar-refractivity contribution in [3.05, 3.63) is 38.2 Å². The van der Waals surface area contributed by atoms with Crippen molar-refractivity contribution in [3.8, 4) is 0 Å². The molecule has 3 heterocycles. The van der Waals surface area contributed by atoms with Gasteiger partial charge in [-0.1, -0.05) is 6.42 Å². The number of fused-ring (bicyclic) bond motifs is 2. The van der Waals surface area contributed by atoms with E-state index in [2.05, 4.69) is 9.36 Å². The van der Waals surface area contributed by atoms with Crippen LogP contribution in [-0.4, -0.2) is 20.0 Å². The van der Waals surface area contributed by atoms with Gasteiger partial charge in [-0.3, -0.25) is 14.0 Å². The van der Waals surface area contributed by atoms with Gasteiger partial charge in [0.2, 0.25) is 5.43 Å². The summed E-state index contributed by atoms with van der Waals surface area (Å²) in [6.07, 6.45) is 5.43. The summed E-state index contributed by atoms with van der Waals surface area (Å²) in [5, 5.41) is 0.303. The second kappa shape index (κ2) is 5.72. The third kappa shape index (κ3) is 2.35. The Labute approximate surface area is 152 Å². The fourth-order valence-electron chi connectivity index (χ4n) is 4.17. The van der Waals surface area contributed by atoms with Crippen molar-refractivity contribution in [1.82, 2.24) is 13.9 Å². The third-order valence-corrected chi connectivity index (χ3v) is 6.48. The van der Waals surface area contributed by atoms with Crippen LogP contribution in [0.4, 0.5) is 4.39 Å². The first-order valence-electron chi connectivity index (χ1n) is 9.06. The van der Waals surface area contributed by atoms with E-state index in [4.69, 9.17) is 5.73 Å². The zero-order valence-corrected chi connectivity index (χ0v) is 14.9. The van der Waals surface area contributed by atoms with Crippen LogP contribution in [-0.2, 0) is 0 Å². The van der Waals surface area contributed by atoms with Gasteiger partial charge in [0.25, 0.3) is 5.56 Å². The molecule has 0 saturated heterocycles. The number of H-pyrrole nitrogens is 1. The fourth-order valence-corrected chi connectivity index (χ4v) is 5.08. The minimum atomic E-state index is -0.470. The van der Waals surface area contributed by atoms with E-state index in [0.29, 0.717) is 22.6 Å². The molecule has 5 rings (SSSR count). The van der Waals surface area contributed by atoms with Crippen molar-refractivity contribution >= 4 is 32.8 Å². The first-order chi connectivity index (χ1) is 12.5. The number of rotatable bonds is 2. The van der Waals surface area contributed by atoms with E-state index in [1.165, 1.54) is 6.07 Å². The van der Waals surface area contributed by atoms with Gasteiger partial charge in [-0.05, 0) is 49.7 Å². The summed E-state index contributed by atoms with van der Waals surface area (Å²) < 4.78 is 19.5. The lowest BCUT2D eigenvalue weighted by Crippen LogP contribution is -2.28. The SMILES string of the molecule is NC1CCCC(c2nc3c(cc2F)c(=O)c2c(=O)[nH]sc2n3C2CC2)C1. The van der Waals surface area contributed by atoms with E-state index in [1.807, 2.05) is 4.57 Å². The fraction of sp³-hybridized carbons (Fsp3) is 0.500. The molecular weight excluding hydrogens is 355 g/mol. The highest BCUT2D eigenvalue weighted by Crippen LogP contribution is 2.40. The van der Waals surface area contributed by atoms with E-state index < -0.39 is 16.8 Å². The highest BCUT2D eigenvalue weighted by molar-refractivity contribution is 7.12. The average molecular weight is 374 g/mol. The van der Waals surface area contributed by atoms with E-state index in [-0.39, 0.29) is 28.8 Å². The zero-order valence-electron chi connectivity index (χ0n) is 14.1. The van der Waals surface area contributed by atoms with Gasteiger partial charge in [-0.15, -0.1) is 0 Å². The van der Waals surface area contributed by atoms with Gasteiger partial charge in [0.1, 0.15) is 21.7 Å². The van der Waals surface area contributed by atoms with Crippen LogP contribution in [0.25, 0.3) is 21.3 Å². The molecule has 0 spiro atoms. The Bertz CT molecular complexity index is 1140. The Morgan fingerprint density at radius 2 is 2.08 bits per heavy atom. The number of halogens is 1. The lowest BCUT2D eigenvalue weighted by atomic mass is 9.83. The maximum Gasteiger partial charge on any atom is 0.271 e. The van der Waals surface area contributed by atoms with Crippen LogP contribution < -0.4 is 16.7 Å². The van der Waals surface area contributed by atoms with Crippen LogP contribution in [0.2, 0.25) is 0 Å². The van der Waals surface area contributed by atoms with E-state index in [0.717, 1.165) is 43.6 Å². The molecule has 0 bridgehead atoms. The Hall–Kier alpha value is -2.06. The Morgan fingerprint density at radius 1 is 1.27 bits per heavy atom. The quantitative estimate of drug-likeness (QED) is 0.721. The number of pyridine rings is 2. The Morgan fingerprint density at radius 3 is 2.81 bits per heavy atom. The summed E-state index contributed by atoms with van der Waals surface area (Å²) in [7, 11) is 0. The highest BCUT2D eigenvalue weighted by Gasteiger charge is 2.31. The zero-order chi connectivity index (χ0) is 18.0. The second-order valence-electron chi connectivity index (χ2n) is 7.49. The molecule has 0 aromatic carbocycles. The average Bonchev–Trinajstić information content (AvgIpc) is 3.38. The largest absolute Gasteiger partial charge is 0.328 e. The van der Waals surface area contributed by atoms with Crippen LogP contribution in [0.1, 0.15) is 56.2 Å². The molecule has 2 aliphatic carbocycles. The maximum atomic E-state index is 14.9. The van der Waals surface area contributed by atoms with Crippen LogP contribution in [0.5, 0.6) is 0 Å². The molecule has 3 N–H and O–H groups in total. The summed E-state index contributed by atoms with van der Waals surface area (Å²) in [6.45, 7) is 0. The molecule has 2 aliphatic rings. The van der Waals surface area contributed by atoms with Crippen molar-refractivity contribution in [2.45, 2.75) is 56.5 Å². The van der Waals surface area contributed by atoms with E-state index >= 15 is 0 Å². The van der Waals surface area contributed by atoms with Gasteiger partial charge in [-0.2, -0.15) is 0 Å². The number of aromatic amines is 1. The Kier molecular flexibility index (Phi) is 3.55. The van der Waals surface area contributed by atoms with E-state index in [9.17, 15) is 14.0 Å². The summed E-state index contributed by atoms with van der Waals surface area (Å²) in [6, 6.07) is 1.55. The molecule has 0 radical (unpaired) electrons. The maximum absolute atomic E-state index is 14.9. The third-order valence-electron chi connectivity index (χ3n) is 5.60. The molecule has 3 aromatic heterocycles. The Balaban J connectivity index is 1.82. The van der Waals surface area contributed by atoms with Crippen molar-refractivity contribution in [2.75, 3.05) is 0 Å². The number of hydrogen-bond acceptors (Lipinski definition) is 5. The number of hydrogen-bond donors (Lipinski definition) is 2. The monoisotopic (exact) mass is 374 g/mol. The predicted molar refractivity (Wildman–Crippen MR) is 99.4 cm³/mol. The van der Waals surface area contributed by atoms with Gasteiger partial charge >= 0.3 is 0 Å². The van der Waals surface area contributed by atoms with Gasteiger partial charge < -0.3 is 10.3 Å². The molecule has 26 heavy (non-hydrogen) atoms. The molecule has 2 fully saturated rings. The number of nitrogens with one attached hydrogen (secondary N) is 1. The molecular formula is C18H19FN4O2S. The van der Waals surface area contributed by atoms with Crippen LogP contribution in [0, 0.1) is 5.82 Å². The minimum Gasteiger partial charge on any atom is -0.328 e. The van der Waals surface area contributed by atoms with Crippen LogP contribution in [0.15, 0.2) is 15.7 Å². The van der Waals surface area contributed by atoms with Gasteiger partial charge in [0, 0.05) is 18.0 Å². The summed E-state index contributed by atoms with van der Waals surface area (Å²) >= 11 is 1.16. The topological polar surface area (TPSA) is 93.8 Å². The summed E-state index contributed by atoms with van der Waals surface area (Å²) in [5.74, 6) is -0.492. The predicted octanol–water partition coefficient (Wildman–Crippen LogP) is 2.76. The molecule has 8 heteroatoms. The molecule has 6 nitrogen and oxygen atoms in total. The molecule has 2 unspecified atom stereocenters. The summed E-state index contributed by atoms with van der Waals surface area (Å²) in [4.78, 5) is 30.1. The lowest BCUT2D eigenvalue weighted by Gasteiger charge is -2.26. The molecule has 0 amide bonds. The van der Waals surface area contributed by atoms with Gasteiger partial charge in [0.05, 0.1) is 11.1 Å². The van der Waals surface area contributed by atoms with Gasteiger partial charge in [-0.25, -0.2) is 9.37 Å². The van der Waals surface area contributed by atoms with Crippen LogP contribution in [0.3, 0.4) is 0 Å². The molecule has 136 valence electrons. The first-order valence-corrected chi connectivity index (χ1v) is 9.87. The van der Waals surface area contributed by atoms with Crippen molar-refractivity contribution < 1.29 is 4.39 Å². The normalized spacial score (nSPS) is 23.8. The summed E-state index contributed by atoms with van der Waals surface area (Å²) in [5.41, 5.74) is 6.13. The molecule has 2 atom stereocenters. The second-order valence-corrected chi connectivity index (χ2v) is 8.29.